The van der Waals surface area contributed by atoms with Crippen LogP contribution in [0.2, 0.25) is 0 Å². The second-order valence-electron chi connectivity index (χ2n) is 6.66. The van der Waals surface area contributed by atoms with Gasteiger partial charge in [0.15, 0.2) is 5.82 Å². The fraction of sp³-hybridized carbons (Fsp3) is 0.0952. The van der Waals surface area contributed by atoms with Crippen LogP contribution < -0.4 is 4.72 Å². The Hall–Kier alpha value is -3.34. The topological polar surface area (TPSA) is 97.2 Å². The number of nitrogens with one attached hydrogen (secondary N) is 1. The lowest BCUT2D eigenvalue weighted by Gasteiger charge is -2.17. The second-order valence-corrected chi connectivity index (χ2v) is 9.39. The van der Waals surface area contributed by atoms with Crippen LogP contribution in [-0.4, -0.2) is 40.4 Å². The average molecular weight is 454 g/mol. The summed E-state index contributed by atoms with van der Waals surface area (Å²) in [4.78, 5) is 17.9. The van der Waals surface area contributed by atoms with Crippen molar-refractivity contribution in [3.05, 3.63) is 89.6 Å². The van der Waals surface area contributed by atoms with Gasteiger partial charge < -0.3 is 0 Å². The Morgan fingerprint density at radius 2 is 1.71 bits per heavy atom. The number of benzene rings is 2. The first-order valence-electron chi connectivity index (χ1n) is 9.33. The molecule has 0 saturated heterocycles. The quantitative estimate of drug-likeness (QED) is 0.464. The van der Waals surface area contributed by atoms with E-state index >= 15 is 0 Å². The Morgan fingerprint density at radius 3 is 2.35 bits per heavy atom. The molecule has 0 aliphatic carbocycles. The van der Waals surface area contributed by atoms with Crippen molar-refractivity contribution in [1.82, 2.24) is 23.8 Å². The van der Waals surface area contributed by atoms with Crippen molar-refractivity contribution in [2.45, 2.75) is 6.54 Å². The number of amides is 1. The molecular weight excluding hydrogens is 434 g/mol. The highest BCUT2D eigenvalue weighted by molar-refractivity contribution is 7.87. The summed E-state index contributed by atoms with van der Waals surface area (Å²) >= 11 is 1.45. The van der Waals surface area contributed by atoms with Crippen LogP contribution in [0.3, 0.4) is 0 Å². The third-order valence-electron chi connectivity index (χ3n) is 4.43. The van der Waals surface area contributed by atoms with Crippen molar-refractivity contribution in [1.29, 1.82) is 0 Å². The summed E-state index contributed by atoms with van der Waals surface area (Å²) in [6, 6.07) is 22.1. The van der Waals surface area contributed by atoms with Crippen LogP contribution in [0.5, 0.6) is 0 Å². The van der Waals surface area contributed by atoms with Crippen molar-refractivity contribution in [3.63, 3.8) is 0 Å². The van der Waals surface area contributed by atoms with Crippen molar-refractivity contribution < 1.29 is 13.2 Å². The van der Waals surface area contributed by atoms with Gasteiger partial charge in [-0.05, 0) is 29.1 Å². The monoisotopic (exact) mass is 453 g/mol. The van der Waals surface area contributed by atoms with E-state index in [0.717, 1.165) is 14.7 Å². The van der Waals surface area contributed by atoms with Gasteiger partial charge in [-0.15, -0.1) is 16.4 Å². The van der Waals surface area contributed by atoms with Crippen LogP contribution in [0, 0.1) is 0 Å². The smallest absolute Gasteiger partial charge is 0.264 e. The van der Waals surface area contributed by atoms with Crippen molar-refractivity contribution in [2.24, 2.45) is 0 Å². The lowest BCUT2D eigenvalue weighted by molar-refractivity contribution is 0.0969. The number of hydrogen-bond donors (Lipinski definition) is 1. The number of nitrogens with zero attached hydrogens (tertiary/aromatic N) is 4. The van der Waals surface area contributed by atoms with Gasteiger partial charge in [0.25, 0.3) is 0 Å². The Morgan fingerprint density at radius 1 is 1.03 bits per heavy atom. The molecule has 0 radical (unpaired) electrons. The van der Waals surface area contributed by atoms with Crippen LogP contribution in [0.1, 0.15) is 16.2 Å². The van der Waals surface area contributed by atoms with Gasteiger partial charge in [-0.3, -0.25) is 4.79 Å². The molecule has 0 unspecified atom stereocenters. The number of rotatable bonds is 7. The molecular formula is C21H19N5O3S2. The van der Waals surface area contributed by atoms with Gasteiger partial charge in [0.2, 0.25) is 5.82 Å². The molecule has 4 rings (SSSR count). The van der Waals surface area contributed by atoms with E-state index in [-0.39, 0.29) is 12.4 Å². The number of aromatic nitrogens is 3. The Bertz CT molecular complexity index is 1270. The van der Waals surface area contributed by atoms with E-state index in [2.05, 4.69) is 14.8 Å². The van der Waals surface area contributed by atoms with Gasteiger partial charge in [-0.1, -0.05) is 54.6 Å². The van der Waals surface area contributed by atoms with E-state index in [1.54, 1.807) is 0 Å². The summed E-state index contributed by atoms with van der Waals surface area (Å²) in [5.41, 5.74) is 1.51. The number of carbonyl (C=O) groups is 1. The zero-order valence-corrected chi connectivity index (χ0v) is 18.2. The zero-order valence-electron chi connectivity index (χ0n) is 16.5. The van der Waals surface area contributed by atoms with Crippen LogP contribution in [-0.2, 0) is 16.8 Å². The summed E-state index contributed by atoms with van der Waals surface area (Å²) < 4.78 is 29.9. The maximum Gasteiger partial charge on any atom is 0.305 e. The average Bonchev–Trinajstić information content (AvgIpc) is 3.45. The van der Waals surface area contributed by atoms with Crippen molar-refractivity contribution in [3.8, 4) is 16.4 Å². The molecule has 0 spiro atoms. The predicted molar refractivity (Wildman–Crippen MR) is 119 cm³/mol. The number of para-hydroxylation sites is 1. The maximum absolute atomic E-state index is 12.7. The molecule has 0 fully saturated rings. The van der Waals surface area contributed by atoms with E-state index in [1.165, 1.54) is 23.1 Å². The van der Waals surface area contributed by atoms with Gasteiger partial charge in [-0.2, -0.15) is 12.7 Å². The van der Waals surface area contributed by atoms with E-state index in [1.807, 2.05) is 78.2 Å². The number of hydrogen-bond acceptors (Lipinski definition) is 6. The molecule has 2 heterocycles. The normalized spacial score (nSPS) is 11.5. The first-order valence-corrected chi connectivity index (χ1v) is 11.6. The number of carbonyl (C=O) groups excluding carboxylic acids is 1. The van der Waals surface area contributed by atoms with Gasteiger partial charge in [0.05, 0.1) is 10.6 Å². The fourth-order valence-corrected chi connectivity index (χ4v) is 4.39. The van der Waals surface area contributed by atoms with Gasteiger partial charge in [0, 0.05) is 13.6 Å². The van der Waals surface area contributed by atoms with Crippen LogP contribution in [0.4, 0.5) is 0 Å². The summed E-state index contributed by atoms with van der Waals surface area (Å²) in [6.07, 6.45) is 0. The van der Waals surface area contributed by atoms with E-state index in [4.69, 9.17) is 0 Å². The Labute approximate surface area is 184 Å². The molecule has 0 aliphatic heterocycles. The molecule has 1 N–H and O–H groups in total. The van der Waals surface area contributed by atoms with Crippen LogP contribution in [0.25, 0.3) is 16.4 Å². The minimum Gasteiger partial charge on any atom is -0.264 e. The molecule has 10 heteroatoms. The molecule has 31 heavy (non-hydrogen) atoms. The molecule has 2 aromatic heterocycles. The standard InChI is InChI=1S/C21H19N5O3S2/c1-25(15-16-9-4-2-5-10-16)31(28,29)24-21(27)19-22-20(18-13-8-14-30-18)26(23-19)17-11-6-3-7-12-17/h2-14H,15H2,1H3,(H,24,27). The lowest BCUT2D eigenvalue weighted by atomic mass is 10.2. The molecule has 4 aromatic rings. The SMILES string of the molecule is CN(Cc1ccccc1)S(=O)(=O)NC(=O)c1nc(-c2cccs2)n(-c2ccccc2)n1. The summed E-state index contributed by atoms with van der Waals surface area (Å²) in [6.45, 7) is 0.121. The van der Waals surface area contributed by atoms with Crippen LogP contribution in [0.15, 0.2) is 78.2 Å². The lowest BCUT2D eigenvalue weighted by Crippen LogP contribution is -2.41. The van der Waals surface area contributed by atoms with Crippen molar-refractivity contribution >= 4 is 27.5 Å². The van der Waals surface area contributed by atoms with E-state index in [9.17, 15) is 13.2 Å². The first-order chi connectivity index (χ1) is 14.9. The summed E-state index contributed by atoms with van der Waals surface area (Å²) in [5, 5.41) is 6.17. The second kappa shape index (κ2) is 8.80. The van der Waals surface area contributed by atoms with Gasteiger partial charge >= 0.3 is 16.1 Å². The summed E-state index contributed by atoms with van der Waals surface area (Å²) in [5.74, 6) is -0.669. The molecule has 8 nitrogen and oxygen atoms in total. The van der Waals surface area contributed by atoms with Crippen LogP contribution >= 0.6 is 11.3 Å². The fourth-order valence-electron chi connectivity index (χ4n) is 2.89. The Balaban J connectivity index is 1.60. The minimum atomic E-state index is -4.08. The highest BCUT2D eigenvalue weighted by atomic mass is 32.2. The molecule has 1 amide bonds. The largest absolute Gasteiger partial charge is 0.305 e. The van der Waals surface area contributed by atoms with E-state index < -0.39 is 16.1 Å². The Kier molecular flexibility index (Phi) is 5.94. The zero-order chi connectivity index (χ0) is 21.8. The highest BCUT2D eigenvalue weighted by Gasteiger charge is 2.26. The molecule has 0 atom stereocenters. The van der Waals surface area contributed by atoms with Crippen molar-refractivity contribution in [2.75, 3.05) is 7.05 Å². The van der Waals surface area contributed by atoms with Gasteiger partial charge in [-0.25, -0.2) is 14.4 Å². The van der Waals surface area contributed by atoms with Gasteiger partial charge in [0.1, 0.15) is 0 Å². The maximum atomic E-state index is 12.7. The summed E-state index contributed by atoms with van der Waals surface area (Å²) in [7, 11) is -2.68. The predicted octanol–water partition coefficient (Wildman–Crippen LogP) is 3.10. The highest BCUT2D eigenvalue weighted by Crippen LogP contribution is 2.25. The third-order valence-corrected chi connectivity index (χ3v) is 6.69. The number of thiophene rings is 1. The molecule has 0 aliphatic rings. The molecule has 2 aromatic carbocycles. The molecule has 0 bridgehead atoms. The molecule has 158 valence electrons. The minimum absolute atomic E-state index is 0.121. The third kappa shape index (κ3) is 4.71. The first kappa shape index (κ1) is 20.9. The van der Waals surface area contributed by atoms with E-state index in [0.29, 0.717) is 11.5 Å². The molecule has 0 saturated carbocycles.